The molecule has 1 aromatic carbocycles. The summed E-state index contributed by atoms with van der Waals surface area (Å²) in [5.74, 6) is 1.05. The Balaban J connectivity index is 1.78. The molecule has 90 valence electrons. The zero-order valence-electron chi connectivity index (χ0n) is 9.69. The van der Waals surface area contributed by atoms with Crippen molar-refractivity contribution in [3.63, 3.8) is 0 Å². The average molecular weight is 248 g/mol. The summed E-state index contributed by atoms with van der Waals surface area (Å²) in [7, 11) is 0. The molecular formula is C14H16O2S. The predicted octanol–water partition coefficient (Wildman–Crippen LogP) is 3.42. The summed E-state index contributed by atoms with van der Waals surface area (Å²) >= 11 is 5.32. The summed E-state index contributed by atoms with van der Waals surface area (Å²) < 4.78 is 6.03. The van der Waals surface area contributed by atoms with Crippen LogP contribution in [0.25, 0.3) is 0 Å². The van der Waals surface area contributed by atoms with E-state index in [1.807, 2.05) is 12.1 Å². The molecule has 2 aliphatic rings. The second kappa shape index (κ2) is 3.98. The van der Waals surface area contributed by atoms with Gasteiger partial charge in [0.2, 0.25) is 0 Å². The highest BCUT2D eigenvalue weighted by Gasteiger charge is 2.47. The molecule has 0 atom stereocenters. The van der Waals surface area contributed by atoms with Gasteiger partial charge in [-0.3, -0.25) is 0 Å². The van der Waals surface area contributed by atoms with E-state index in [0.29, 0.717) is 10.6 Å². The molecule has 1 aromatic rings. The second-order valence-electron chi connectivity index (χ2n) is 5.24. The predicted molar refractivity (Wildman–Crippen MR) is 70.2 cm³/mol. The van der Waals surface area contributed by atoms with E-state index in [-0.39, 0.29) is 11.4 Å². The van der Waals surface area contributed by atoms with Crippen LogP contribution in [0.3, 0.4) is 0 Å². The Morgan fingerprint density at radius 2 is 2.00 bits per heavy atom. The summed E-state index contributed by atoms with van der Waals surface area (Å²) in [5.41, 5.74) is 0.622. The number of hydrogen-bond acceptors (Lipinski definition) is 3. The van der Waals surface area contributed by atoms with Gasteiger partial charge in [0.1, 0.15) is 11.4 Å². The standard InChI is InChI=1S/C14H16O2S/c15-12-4-2-1-3-11(12)13(17)16-14-7-5-10(9-14)6-8-14/h1-4,10,15H,5-9H2. The molecule has 17 heavy (non-hydrogen) atoms. The van der Waals surface area contributed by atoms with E-state index in [1.54, 1.807) is 12.1 Å². The van der Waals surface area contributed by atoms with Crippen LogP contribution in [0.2, 0.25) is 0 Å². The zero-order chi connectivity index (χ0) is 11.9. The maximum atomic E-state index is 9.75. The Hall–Kier alpha value is -1.09. The number of phenols is 1. The van der Waals surface area contributed by atoms with Crippen molar-refractivity contribution >= 4 is 17.3 Å². The number of benzene rings is 1. The molecule has 0 amide bonds. The van der Waals surface area contributed by atoms with E-state index in [4.69, 9.17) is 17.0 Å². The summed E-state index contributed by atoms with van der Waals surface area (Å²) in [6, 6.07) is 7.12. The molecule has 0 saturated heterocycles. The highest BCUT2D eigenvalue weighted by atomic mass is 32.1. The van der Waals surface area contributed by atoms with Crippen LogP contribution >= 0.6 is 12.2 Å². The van der Waals surface area contributed by atoms with E-state index in [9.17, 15) is 5.11 Å². The van der Waals surface area contributed by atoms with Gasteiger partial charge in [-0.25, -0.2) is 0 Å². The van der Waals surface area contributed by atoms with Crippen molar-refractivity contribution in [2.24, 2.45) is 5.92 Å². The fourth-order valence-electron chi connectivity index (χ4n) is 3.18. The number of rotatable bonds is 2. The maximum Gasteiger partial charge on any atom is 0.195 e. The first-order chi connectivity index (χ1) is 8.19. The SMILES string of the molecule is Oc1ccccc1C(=S)OC12CCC(CC1)C2. The zero-order valence-corrected chi connectivity index (χ0v) is 10.5. The third-order valence-electron chi connectivity index (χ3n) is 4.11. The van der Waals surface area contributed by atoms with Crippen molar-refractivity contribution in [3.05, 3.63) is 29.8 Å². The number of ether oxygens (including phenoxy) is 1. The first-order valence-electron chi connectivity index (χ1n) is 6.20. The smallest absolute Gasteiger partial charge is 0.195 e. The highest BCUT2D eigenvalue weighted by Crippen LogP contribution is 2.50. The molecular weight excluding hydrogens is 232 g/mol. The molecule has 0 unspecified atom stereocenters. The molecule has 2 bridgehead atoms. The van der Waals surface area contributed by atoms with Crippen LogP contribution in [0.1, 0.15) is 37.7 Å². The number of aromatic hydroxyl groups is 1. The van der Waals surface area contributed by atoms with Crippen molar-refractivity contribution in [2.75, 3.05) is 0 Å². The number of phenolic OH excluding ortho intramolecular Hbond substituents is 1. The van der Waals surface area contributed by atoms with Crippen LogP contribution in [0, 0.1) is 5.92 Å². The summed E-state index contributed by atoms with van der Waals surface area (Å²) in [6.45, 7) is 0. The molecule has 3 rings (SSSR count). The van der Waals surface area contributed by atoms with E-state index >= 15 is 0 Å². The van der Waals surface area contributed by atoms with E-state index in [0.717, 1.165) is 25.2 Å². The second-order valence-corrected chi connectivity index (χ2v) is 5.61. The van der Waals surface area contributed by atoms with Crippen molar-refractivity contribution in [3.8, 4) is 5.75 Å². The van der Waals surface area contributed by atoms with E-state index < -0.39 is 0 Å². The van der Waals surface area contributed by atoms with Crippen molar-refractivity contribution in [1.29, 1.82) is 0 Å². The lowest BCUT2D eigenvalue weighted by molar-refractivity contribution is 0.0717. The highest BCUT2D eigenvalue weighted by molar-refractivity contribution is 7.80. The normalized spacial score (nSPS) is 30.5. The van der Waals surface area contributed by atoms with Gasteiger partial charge in [-0.15, -0.1) is 0 Å². The molecule has 0 aliphatic heterocycles. The van der Waals surface area contributed by atoms with Gasteiger partial charge in [0, 0.05) is 0 Å². The number of para-hydroxylation sites is 1. The minimum Gasteiger partial charge on any atom is -0.507 e. The Bertz CT molecular complexity index is 447. The van der Waals surface area contributed by atoms with Crippen molar-refractivity contribution in [1.82, 2.24) is 0 Å². The van der Waals surface area contributed by atoms with Crippen LogP contribution in [-0.2, 0) is 4.74 Å². The molecule has 0 radical (unpaired) electrons. The lowest BCUT2D eigenvalue weighted by Gasteiger charge is -2.28. The molecule has 3 heteroatoms. The van der Waals surface area contributed by atoms with E-state index in [2.05, 4.69) is 0 Å². The molecule has 0 heterocycles. The lowest BCUT2D eigenvalue weighted by atomic mass is 9.97. The van der Waals surface area contributed by atoms with Gasteiger partial charge in [-0.1, -0.05) is 12.1 Å². The maximum absolute atomic E-state index is 9.75. The third-order valence-corrected chi connectivity index (χ3v) is 4.41. The Kier molecular flexibility index (Phi) is 2.58. The van der Waals surface area contributed by atoms with Crippen LogP contribution < -0.4 is 0 Å². The fourth-order valence-corrected chi connectivity index (χ4v) is 3.53. The Morgan fingerprint density at radius 3 is 2.59 bits per heavy atom. The van der Waals surface area contributed by atoms with Crippen LogP contribution in [-0.4, -0.2) is 15.8 Å². The van der Waals surface area contributed by atoms with Gasteiger partial charge >= 0.3 is 0 Å². The third kappa shape index (κ3) is 1.93. The minimum absolute atomic E-state index is 0.0238. The largest absolute Gasteiger partial charge is 0.507 e. The fraction of sp³-hybridized carbons (Fsp3) is 0.500. The number of thiocarbonyl (C=S) groups is 1. The van der Waals surface area contributed by atoms with Gasteiger partial charge < -0.3 is 9.84 Å². The first-order valence-corrected chi connectivity index (χ1v) is 6.61. The molecule has 0 spiro atoms. The van der Waals surface area contributed by atoms with Crippen molar-refractivity contribution < 1.29 is 9.84 Å². The van der Waals surface area contributed by atoms with Crippen molar-refractivity contribution in [2.45, 2.75) is 37.7 Å². The number of fused-ring (bicyclic) bond motifs is 2. The van der Waals surface area contributed by atoms with Gasteiger partial charge in [0.05, 0.1) is 5.56 Å². The lowest BCUT2D eigenvalue weighted by Crippen LogP contribution is -2.29. The molecule has 2 nitrogen and oxygen atoms in total. The van der Waals surface area contributed by atoms with Gasteiger partial charge in [-0.05, 0) is 62.4 Å². The molecule has 2 fully saturated rings. The Labute approximate surface area is 107 Å². The minimum atomic E-state index is -0.0238. The van der Waals surface area contributed by atoms with E-state index in [1.165, 1.54) is 12.8 Å². The monoisotopic (exact) mass is 248 g/mol. The first kappa shape index (κ1) is 11.0. The van der Waals surface area contributed by atoms with Crippen LogP contribution in [0.15, 0.2) is 24.3 Å². The van der Waals surface area contributed by atoms with Crippen LogP contribution in [0.5, 0.6) is 5.75 Å². The van der Waals surface area contributed by atoms with Crippen LogP contribution in [0.4, 0.5) is 0 Å². The summed E-state index contributed by atoms with van der Waals surface area (Å²) in [4.78, 5) is 0. The average Bonchev–Trinajstić information content (AvgIpc) is 2.89. The Morgan fingerprint density at radius 1 is 1.29 bits per heavy atom. The van der Waals surface area contributed by atoms with Gasteiger partial charge in [0.25, 0.3) is 0 Å². The molecule has 2 aliphatic carbocycles. The molecule has 0 aromatic heterocycles. The summed E-state index contributed by atoms with van der Waals surface area (Å²) in [5, 5.41) is 10.2. The molecule has 1 N–H and O–H groups in total. The number of hydrogen-bond donors (Lipinski definition) is 1. The van der Waals surface area contributed by atoms with Gasteiger partial charge in [-0.2, -0.15) is 0 Å². The molecule has 2 saturated carbocycles. The summed E-state index contributed by atoms with van der Waals surface area (Å²) in [6.07, 6.45) is 5.91. The topological polar surface area (TPSA) is 29.5 Å². The quantitative estimate of drug-likeness (QED) is 0.813. The van der Waals surface area contributed by atoms with Gasteiger partial charge in [0.15, 0.2) is 5.05 Å².